The van der Waals surface area contributed by atoms with Crippen molar-refractivity contribution in [2.45, 2.75) is 24.9 Å². The van der Waals surface area contributed by atoms with Gasteiger partial charge < -0.3 is 9.64 Å². The molecule has 2 aromatic heterocycles. The van der Waals surface area contributed by atoms with Crippen LogP contribution in [0.25, 0.3) is 0 Å². The molecule has 2 aromatic rings. The molecule has 0 bridgehead atoms. The average molecular weight is 328 g/mol. The molecule has 7 nitrogen and oxygen atoms in total. The van der Waals surface area contributed by atoms with Crippen LogP contribution in [0, 0.1) is 0 Å². The maximum Gasteiger partial charge on any atom is 0.225 e. The van der Waals surface area contributed by atoms with Crippen molar-refractivity contribution in [3.05, 3.63) is 36.4 Å². The van der Waals surface area contributed by atoms with Crippen LogP contribution in [-0.2, 0) is 18.2 Å². The second-order valence-electron chi connectivity index (χ2n) is 6.54. The van der Waals surface area contributed by atoms with E-state index in [1.807, 2.05) is 36.4 Å². The third-order valence-electron chi connectivity index (χ3n) is 5.04. The van der Waals surface area contributed by atoms with E-state index in [4.69, 9.17) is 4.74 Å². The van der Waals surface area contributed by atoms with E-state index in [-0.39, 0.29) is 0 Å². The highest BCUT2D eigenvalue weighted by molar-refractivity contribution is 5.35. The average Bonchev–Trinajstić information content (AvgIpc) is 3.23. The van der Waals surface area contributed by atoms with Gasteiger partial charge in [-0.05, 0) is 24.5 Å². The normalized spacial score (nSPS) is 25.3. The van der Waals surface area contributed by atoms with Gasteiger partial charge in [0.2, 0.25) is 5.95 Å². The standard InChI is InChI=1S/C17H24N6O/c1-21-13-14(12-20-21)11-16-15(22-7-9-24-10-8-22)3-6-23(16)17-18-4-2-5-19-17/h2,4-5,12-13,15-16H,3,6-11H2,1H3/t15-,16-/m1/s1. The van der Waals surface area contributed by atoms with Crippen LogP contribution in [-0.4, -0.2) is 69.6 Å². The highest BCUT2D eigenvalue weighted by Gasteiger charge is 2.39. The monoisotopic (exact) mass is 328 g/mol. The molecule has 7 heteroatoms. The number of morpholine rings is 1. The van der Waals surface area contributed by atoms with Gasteiger partial charge in [-0.25, -0.2) is 9.97 Å². The lowest BCUT2D eigenvalue weighted by Gasteiger charge is -2.37. The van der Waals surface area contributed by atoms with E-state index >= 15 is 0 Å². The van der Waals surface area contributed by atoms with Gasteiger partial charge in [-0.15, -0.1) is 0 Å². The lowest BCUT2D eigenvalue weighted by atomic mass is 10.0. The predicted molar refractivity (Wildman–Crippen MR) is 90.9 cm³/mol. The van der Waals surface area contributed by atoms with Crippen LogP contribution in [0.15, 0.2) is 30.9 Å². The van der Waals surface area contributed by atoms with Crippen molar-refractivity contribution in [1.82, 2.24) is 24.6 Å². The van der Waals surface area contributed by atoms with E-state index in [1.165, 1.54) is 5.56 Å². The predicted octanol–water partition coefficient (Wildman–Crippen LogP) is 0.732. The Morgan fingerprint density at radius 3 is 2.67 bits per heavy atom. The number of anilines is 1. The van der Waals surface area contributed by atoms with Crippen LogP contribution in [0.2, 0.25) is 0 Å². The van der Waals surface area contributed by atoms with Crippen molar-refractivity contribution in [2.24, 2.45) is 7.05 Å². The summed E-state index contributed by atoms with van der Waals surface area (Å²) in [4.78, 5) is 13.9. The summed E-state index contributed by atoms with van der Waals surface area (Å²) in [6.45, 7) is 4.68. The third-order valence-corrected chi connectivity index (χ3v) is 5.04. The van der Waals surface area contributed by atoms with Gasteiger partial charge in [0, 0.05) is 51.3 Å². The smallest absolute Gasteiger partial charge is 0.225 e. The van der Waals surface area contributed by atoms with Gasteiger partial charge >= 0.3 is 0 Å². The molecule has 128 valence electrons. The number of aromatic nitrogens is 4. The largest absolute Gasteiger partial charge is 0.379 e. The van der Waals surface area contributed by atoms with E-state index < -0.39 is 0 Å². The van der Waals surface area contributed by atoms with Crippen LogP contribution in [0.3, 0.4) is 0 Å². The van der Waals surface area contributed by atoms with Crippen LogP contribution in [0.1, 0.15) is 12.0 Å². The molecular formula is C17H24N6O. The Labute approximate surface area is 142 Å². The van der Waals surface area contributed by atoms with Crippen molar-refractivity contribution in [2.75, 3.05) is 37.7 Å². The van der Waals surface area contributed by atoms with Gasteiger partial charge in [0.15, 0.2) is 0 Å². The molecule has 2 aliphatic heterocycles. The zero-order valence-electron chi connectivity index (χ0n) is 14.1. The zero-order chi connectivity index (χ0) is 16.4. The molecule has 2 saturated heterocycles. The first kappa shape index (κ1) is 15.5. The minimum Gasteiger partial charge on any atom is -0.379 e. The second-order valence-corrected chi connectivity index (χ2v) is 6.54. The molecule has 2 fully saturated rings. The van der Waals surface area contributed by atoms with Crippen molar-refractivity contribution in [3.8, 4) is 0 Å². The summed E-state index contributed by atoms with van der Waals surface area (Å²) in [5.41, 5.74) is 1.27. The quantitative estimate of drug-likeness (QED) is 0.825. The summed E-state index contributed by atoms with van der Waals surface area (Å²) in [5.74, 6) is 0.835. The van der Waals surface area contributed by atoms with Crippen LogP contribution < -0.4 is 4.90 Å². The van der Waals surface area contributed by atoms with Crippen molar-refractivity contribution < 1.29 is 4.74 Å². The Kier molecular flexibility index (Phi) is 4.44. The maximum atomic E-state index is 5.53. The lowest BCUT2D eigenvalue weighted by Crippen LogP contribution is -2.50. The van der Waals surface area contributed by atoms with Crippen LogP contribution in [0.5, 0.6) is 0 Å². The van der Waals surface area contributed by atoms with E-state index in [0.29, 0.717) is 12.1 Å². The molecule has 0 radical (unpaired) electrons. The summed E-state index contributed by atoms with van der Waals surface area (Å²) in [7, 11) is 1.97. The molecule has 0 N–H and O–H groups in total. The van der Waals surface area contributed by atoms with Gasteiger partial charge in [0.05, 0.1) is 25.5 Å². The minimum atomic E-state index is 0.370. The van der Waals surface area contributed by atoms with E-state index in [0.717, 1.165) is 51.6 Å². The highest BCUT2D eigenvalue weighted by Crippen LogP contribution is 2.29. The van der Waals surface area contributed by atoms with Crippen LogP contribution >= 0.6 is 0 Å². The summed E-state index contributed by atoms with van der Waals surface area (Å²) in [5, 5.41) is 4.33. The first-order valence-corrected chi connectivity index (χ1v) is 8.64. The molecule has 2 aliphatic rings. The minimum absolute atomic E-state index is 0.370. The first-order valence-electron chi connectivity index (χ1n) is 8.64. The third kappa shape index (κ3) is 3.14. The Morgan fingerprint density at radius 2 is 1.96 bits per heavy atom. The summed E-state index contributed by atoms with van der Waals surface area (Å²) >= 11 is 0. The van der Waals surface area contributed by atoms with Gasteiger partial charge in [-0.3, -0.25) is 9.58 Å². The van der Waals surface area contributed by atoms with Crippen LogP contribution in [0.4, 0.5) is 5.95 Å². The topological polar surface area (TPSA) is 59.3 Å². The lowest BCUT2D eigenvalue weighted by molar-refractivity contribution is 0.0149. The van der Waals surface area contributed by atoms with E-state index in [1.54, 1.807) is 0 Å². The highest BCUT2D eigenvalue weighted by atomic mass is 16.5. The Balaban J connectivity index is 1.59. The van der Waals surface area contributed by atoms with Gasteiger partial charge in [-0.2, -0.15) is 5.10 Å². The fraction of sp³-hybridized carbons (Fsp3) is 0.588. The number of hydrogen-bond acceptors (Lipinski definition) is 6. The summed E-state index contributed by atoms with van der Waals surface area (Å²) in [6.07, 6.45) is 9.84. The Morgan fingerprint density at radius 1 is 1.17 bits per heavy atom. The molecule has 0 amide bonds. The SMILES string of the molecule is Cn1cc(C[C@@H]2[C@H](N3CCOCC3)CCN2c2ncccn2)cn1. The maximum absolute atomic E-state index is 5.53. The number of nitrogens with zero attached hydrogens (tertiary/aromatic N) is 6. The van der Waals surface area contributed by atoms with Crippen molar-refractivity contribution in [3.63, 3.8) is 0 Å². The molecule has 0 spiro atoms. The van der Waals surface area contributed by atoms with Crippen molar-refractivity contribution >= 4 is 5.95 Å². The van der Waals surface area contributed by atoms with Gasteiger partial charge in [-0.1, -0.05) is 0 Å². The van der Waals surface area contributed by atoms with E-state index in [9.17, 15) is 0 Å². The fourth-order valence-corrected chi connectivity index (χ4v) is 3.93. The molecular weight excluding hydrogens is 304 g/mol. The van der Waals surface area contributed by atoms with Gasteiger partial charge in [0.1, 0.15) is 0 Å². The molecule has 0 aliphatic carbocycles. The van der Waals surface area contributed by atoms with Gasteiger partial charge in [0.25, 0.3) is 0 Å². The summed E-state index contributed by atoms with van der Waals surface area (Å²) < 4.78 is 7.41. The Hall–Kier alpha value is -1.99. The second kappa shape index (κ2) is 6.86. The van der Waals surface area contributed by atoms with Crippen molar-refractivity contribution in [1.29, 1.82) is 0 Å². The number of aryl methyl sites for hydroxylation is 1. The number of rotatable bonds is 4. The molecule has 4 heterocycles. The summed E-state index contributed by atoms with van der Waals surface area (Å²) in [6, 6.07) is 2.75. The molecule has 0 aromatic carbocycles. The fourth-order valence-electron chi connectivity index (χ4n) is 3.93. The Bertz CT molecular complexity index is 654. The number of hydrogen-bond donors (Lipinski definition) is 0. The zero-order valence-corrected chi connectivity index (χ0v) is 14.1. The first-order chi connectivity index (χ1) is 11.8. The van der Waals surface area contributed by atoms with E-state index in [2.05, 4.69) is 31.1 Å². The number of ether oxygens (including phenoxy) is 1. The molecule has 4 rings (SSSR count). The molecule has 2 atom stereocenters. The molecule has 0 unspecified atom stereocenters. The molecule has 0 saturated carbocycles. The molecule has 24 heavy (non-hydrogen) atoms.